The first-order valence-corrected chi connectivity index (χ1v) is 5.56. The Hall–Kier alpha value is -2.11. The number of carbonyl (C=O) groups is 2. The monoisotopic (exact) mass is 252 g/mol. The van der Waals surface area contributed by atoms with Gasteiger partial charge in [0.2, 0.25) is 0 Å². The van der Waals surface area contributed by atoms with Crippen LogP contribution in [0.2, 0.25) is 0 Å². The number of nitrogens with zero attached hydrogens (tertiary/aromatic N) is 1. The molecule has 98 valence electrons. The highest BCUT2D eigenvalue weighted by Gasteiger charge is 2.13. The van der Waals surface area contributed by atoms with Crippen molar-refractivity contribution in [3.05, 3.63) is 23.9 Å². The third kappa shape index (κ3) is 3.73. The number of anilines is 1. The predicted molar refractivity (Wildman–Crippen MR) is 65.3 cm³/mol. The lowest BCUT2D eigenvalue weighted by atomic mass is 10.2. The summed E-state index contributed by atoms with van der Waals surface area (Å²) in [6.45, 7) is 3.71. The van der Waals surface area contributed by atoms with E-state index in [0.29, 0.717) is 18.0 Å². The van der Waals surface area contributed by atoms with Crippen LogP contribution in [-0.4, -0.2) is 36.7 Å². The van der Waals surface area contributed by atoms with Gasteiger partial charge in [-0.1, -0.05) is 0 Å². The summed E-state index contributed by atoms with van der Waals surface area (Å²) in [4.78, 5) is 26.6. The van der Waals surface area contributed by atoms with E-state index in [2.05, 4.69) is 15.0 Å². The van der Waals surface area contributed by atoms with Crippen LogP contribution in [0.1, 0.15) is 24.2 Å². The maximum absolute atomic E-state index is 11.4. The Morgan fingerprint density at radius 3 is 2.67 bits per heavy atom. The Labute approximate surface area is 105 Å². The van der Waals surface area contributed by atoms with Crippen LogP contribution in [0.25, 0.3) is 0 Å². The second-order valence-corrected chi connectivity index (χ2v) is 3.54. The number of ether oxygens (including phenoxy) is 2. The van der Waals surface area contributed by atoms with Crippen LogP contribution in [0.3, 0.4) is 0 Å². The van der Waals surface area contributed by atoms with E-state index in [4.69, 9.17) is 4.74 Å². The van der Waals surface area contributed by atoms with E-state index in [9.17, 15) is 9.59 Å². The van der Waals surface area contributed by atoms with Gasteiger partial charge >= 0.3 is 11.9 Å². The number of esters is 2. The van der Waals surface area contributed by atoms with E-state index in [-0.39, 0.29) is 5.97 Å². The van der Waals surface area contributed by atoms with E-state index in [0.717, 1.165) is 0 Å². The molecule has 1 N–H and O–H groups in total. The van der Waals surface area contributed by atoms with E-state index < -0.39 is 12.0 Å². The highest BCUT2D eigenvalue weighted by molar-refractivity contribution is 5.89. The first kappa shape index (κ1) is 14.0. The molecule has 1 unspecified atom stereocenters. The standard InChI is InChI=1S/C12H16N2O4/c1-4-18-12(16)9-5-6-10(13-7-9)14-8(2)11(15)17-3/h5-8H,4H2,1-3H3,(H,13,14). The molecule has 0 amide bonds. The number of rotatable bonds is 5. The number of nitrogens with one attached hydrogen (secondary N) is 1. The molecule has 1 aromatic rings. The third-order valence-electron chi connectivity index (χ3n) is 2.19. The zero-order valence-corrected chi connectivity index (χ0v) is 10.6. The van der Waals surface area contributed by atoms with Crippen molar-refractivity contribution in [2.24, 2.45) is 0 Å². The molecule has 1 atom stereocenters. The Kier molecular flexibility index (Phi) is 5.10. The van der Waals surface area contributed by atoms with Crippen LogP contribution in [0.5, 0.6) is 0 Å². The quantitative estimate of drug-likeness (QED) is 0.794. The molecule has 6 nitrogen and oxygen atoms in total. The molecule has 0 aromatic carbocycles. The molecule has 18 heavy (non-hydrogen) atoms. The minimum atomic E-state index is -0.504. The van der Waals surface area contributed by atoms with Crippen molar-refractivity contribution in [2.45, 2.75) is 19.9 Å². The summed E-state index contributed by atoms with van der Waals surface area (Å²) in [6.07, 6.45) is 1.39. The number of methoxy groups -OCH3 is 1. The van der Waals surface area contributed by atoms with Gasteiger partial charge in [0.25, 0.3) is 0 Å². The summed E-state index contributed by atoms with van der Waals surface area (Å²) in [6, 6.07) is 2.68. The lowest BCUT2D eigenvalue weighted by Crippen LogP contribution is -2.27. The highest BCUT2D eigenvalue weighted by Crippen LogP contribution is 2.08. The van der Waals surface area contributed by atoms with E-state index in [1.54, 1.807) is 26.0 Å². The lowest BCUT2D eigenvalue weighted by molar-refractivity contribution is -0.141. The number of hydrogen-bond acceptors (Lipinski definition) is 6. The Morgan fingerprint density at radius 1 is 1.44 bits per heavy atom. The van der Waals surface area contributed by atoms with Crippen LogP contribution in [0.4, 0.5) is 5.82 Å². The average Bonchev–Trinajstić information content (AvgIpc) is 2.38. The molecular formula is C12H16N2O4. The normalized spacial score (nSPS) is 11.5. The molecule has 0 saturated heterocycles. The molecule has 1 heterocycles. The summed E-state index contributed by atoms with van der Waals surface area (Å²) in [5.41, 5.74) is 0.369. The van der Waals surface area contributed by atoms with Crippen molar-refractivity contribution >= 4 is 17.8 Å². The van der Waals surface area contributed by atoms with Gasteiger partial charge in [-0.3, -0.25) is 0 Å². The Morgan fingerprint density at radius 2 is 2.17 bits per heavy atom. The van der Waals surface area contributed by atoms with Gasteiger partial charge in [-0.15, -0.1) is 0 Å². The summed E-state index contributed by atoms with van der Waals surface area (Å²) in [7, 11) is 1.32. The van der Waals surface area contributed by atoms with E-state index >= 15 is 0 Å². The second-order valence-electron chi connectivity index (χ2n) is 3.54. The van der Waals surface area contributed by atoms with Crippen molar-refractivity contribution in [1.82, 2.24) is 4.98 Å². The molecule has 6 heteroatoms. The van der Waals surface area contributed by atoms with Gasteiger partial charge in [-0.05, 0) is 26.0 Å². The molecule has 0 radical (unpaired) electrons. The zero-order chi connectivity index (χ0) is 13.5. The fourth-order valence-corrected chi connectivity index (χ4v) is 1.27. The molecule has 0 aliphatic heterocycles. The van der Waals surface area contributed by atoms with Gasteiger partial charge in [0.15, 0.2) is 0 Å². The fourth-order valence-electron chi connectivity index (χ4n) is 1.27. The topological polar surface area (TPSA) is 77.5 Å². The van der Waals surface area contributed by atoms with Crippen LogP contribution < -0.4 is 5.32 Å². The number of carbonyl (C=O) groups excluding carboxylic acids is 2. The zero-order valence-electron chi connectivity index (χ0n) is 10.6. The fraction of sp³-hybridized carbons (Fsp3) is 0.417. The number of aromatic nitrogens is 1. The maximum atomic E-state index is 11.4. The van der Waals surface area contributed by atoms with Crippen LogP contribution >= 0.6 is 0 Å². The van der Waals surface area contributed by atoms with Crippen molar-refractivity contribution in [1.29, 1.82) is 0 Å². The molecule has 0 aliphatic carbocycles. The Bertz CT molecular complexity index is 417. The predicted octanol–water partition coefficient (Wildman–Crippen LogP) is 1.23. The smallest absolute Gasteiger partial charge is 0.339 e. The van der Waals surface area contributed by atoms with Crippen LogP contribution in [0, 0.1) is 0 Å². The van der Waals surface area contributed by atoms with Gasteiger partial charge in [-0.2, -0.15) is 0 Å². The average molecular weight is 252 g/mol. The first-order chi connectivity index (χ1) is 8.58. The van der Waals surface area contributed by atoms with Gasteiger partial charge in [0, 0.05) is 6.20 Å². The van der Waals surface area contributed by atoms with Gasteiger partial charge in [-0.25, -0.2) is 14.6 Å². The van der Waals surface area contributed by atoms with Crippen LogP contribution in [0.15, 0.2) is 18.3 Å². The summed E-state index contributed by atoms with van der Waals surface area (Å²) in [5.74, 6) is -0.315. The molecule has 0 fully saturated rings. The summed E-state index contributed by atoms with van der Waals surface area (Å²) < 4.78 is 9.41. The number of hydrogen-bond donors (Lipinski definition) is 1. The van der Waals surface area contributed by atoms with Crippen LogP contribution in [-0.2, 0) is 14.3 Å². The highest BCUT2D eigenvalue weighted by atomic mass is 16.5. The largest absolute Gasteiger partial charge is 0.467 e. The van der Waals surface area contributed by atoms with E-state index in [1.807, 2.05) is 0 Å². The molecule has 0 bridgehead atoms. The molecule has 0 spiro atoms. The van der Waals surface area contributed by atoms with Crippen molar-refractivity contribution in [2.75, 3.05) is 19.0 Å². The summed E-state index contributed by atoms with van der Waals surface area (Å²) >= 11 is 0. The van der Waals surface area contributed by atoms with Crippen molar-refractivity contribution in [3.63, 3.8) is 0 Å². The molecule has 0 saturated carbocycles. The van der Waals surface area contributed by atoms with Crippen molar-refractivity contribution in [3.8, 4) is 0 Å². The molecule has 0 aliphatic rings. The molecule has 1 aromatic heterocycles. The van der Waals surface area contributed by atoms with Crippen molar-refractivity contribution < 1.29 is 19.1 Å². The SMILES string of the molecule is CCOC(=O)c1ccc(NC(C)C(=O)OC)nc1. The second kappa shape index (κ2) is 6.58. The van der Waals surface area contributed by atoms with Gasteiger partial charge in [0.1, 0.15) is 11.9 Å². The number of pyridine rings is 1. The van der Waals surface area contributed by atoms with Gasteiger partial charge in [0.05, 0.1) is 19.3 Å². The maximum Gasteiger partial charge on any atom is 0.339 e. The van der Waals surface area contributed by atoms with Gasteiger partial charge < -0.3 is 14.8 Å². The Balaban J connectivity index is 2.65. The third-order valence-corrected chi connectivity index (χ3v) is 2.19. The molecule has 1 rings (SSSR count). The van der Waals surface area contributed by atoms with E-state index in [1.165, 1.54) is 13.3 Å². The summed E-state index contributed by atoms with van der Waals surface area (Å²) in [5, 5.41) is 2.85. The lowest BCUT2D eigenvalue weighted by Gasteiger charge is -2.12. The minimum Gasteiger partial charge on any atom is -0.467 e. The first-order valence-electron chi connectivity index (χ1n) is 5.56. The molecular weight excluding hydrogens is 236 g/mol. The minimum absolute atomic E-state index is 0.318.